The van der Waals surface area contributed by atoms with Crippen LogP contribution in [0, 0.1) is 11.3 Å². The average Bonchev–Trinajstić information content (AvgIpc) is 3.04. The van der Waals surface area contributed by atoms with Crippen molar-refractivity contribution in [1.82, 2.24) is 5.32 Å². The van der Waals surface area contributed by atoms with E-state index in [1.54, 1.807) is 0 Å². The van der Waals surface area contributed by atoms with Crippen molar-refractivity contribution in [2.45, 2.75) is 64.6 Å². The van der Waals surface area contributed by atoms with Gasteiger partial charge in [-0.1, -0.05) is 32.1 Å². The summed E-state index contributed by atoms with van der Waals surface area (Å²) < 4.78 is 5.99. The quantitative estimate of drug-likeness (QED) is 0.794. The summed E-state index contributed by atoms with van der Waals surface area (Å²) in [4.78, 5) is 5.85. The van der Waals surface area contributed by atoms with Crippen LogP contribution in [0.5, 0.6) is 5.75 Å². The van der Waals surface area contributed by atoms with Crippen molar-refractivity contribution in [1.29, 1.82) is 0 Å². The van der Waals surface area contributed by atoms with Crippen molar-refractivity contribution < 1.29 is 9.84 Å². The molecule has 2 aliphatic carbocycles. The molecule has 1 aromatic rings. The fourth-order valence-electron chi connectivity index (χ4n) is 4.83. The molecule has 1 heterocycles. The van der Waals surface area contributed by atoms with E-state index in [0.29, 0.717) is 12.5 Å². The number of aliphatic hydroxyl groups excluding tert-OH is 1. The molecular weight excluding hydrogens is 344 g/mol. The molecule has 2 N–H and O–H groups in total. The molecule has 4 rings (SSSR count). The monoisotopic (exact) mass is 372 g/mol. The third kappa shape index (κ3) is 2.67. The molecule has 1 saturated carbocycles. The number of rotatable bonds is 3. The minimum absolute atomic E-state index is 0.0208. The number of fused-ring (bicyclic) bond motifs is 3. The Hall–Kier alpha value is -1.46. The first-order chi connectivity index (χ1) is 12.4. The van der Waals surface area contributed by atoms with Crippen molar-refractivity contribution in [2.24, 2.45) is 16.3 Å². The second-order valence-electron chi connectivity index (χ2n) is 8.57. The molecule has 0 aromatic heterocycles. The summed E-state index contributed by atoms with van der Waals surface area (Å²) in [7, 11) is 0. The van der Waals surface area contributed by atoms with Gasteiger partial charge in [-0.2, -0.15) is 0 Å². The maximum atomic E-state index is 10.1. The van der Waals surface area contributed by atoms with Crippen molar-refractivity contribution in [2.75, 3.05) is 6.61 Å². The van der Waals surface area contributed by atoms with Crippen LogP contribution in [-0.4, -0.2) is 28.5 Å². The molecular formula is C21H28N2O2S. The highest BCUT2D eigenvalue weighted by molar-refractivity contribution is 7.82. The van der Waals surface area contributed by atoms with Crippen molar-refractivity contribution in [3.8, 4) is 5.75 Å². The Kier molecular flexibility index (Phi) is 4.35. The summed E-state index contributed by atoms with van der Waals surface area (Å²) in [5.74, 6) is 1.39. The highest BCUT2D eigenvalue weighted by atomic mass is 32.1. The maximum Gasteiger partial charge on any atom is 0.163 e. The van der Waals surface area contributed by atoms with Gasteiger partial charge in [0.2, 0.25) is 0 Å². The molecule has 5 heteroatoms. The molecule has 1 aliphatic heterocycles. The Morgan fingerprint density at radius 3 is 2.69 bits per heavy atom. The second kappa shape index (κ2) is 6.31. The van der Waals surface area contributed by atoms with Gasteiger partial charge in [-0.05, 0) is 62.6 Å². The summed E-state index contributed by atoms with van der Waals surface area (Å²) in [6.45, 7) is 7.01. The third-order valence-electron chi connectivity index (χ3n) is 6.22. The normalized spacial score (nSPS) is 32.9. The van der Waals surface area contributed by atoms with E-state index in [1.165, 1.54) is 11.1 Å². The van der Waals surface area contributed by atoms with Gasteiger partial charge in [-0.15, -0.1) is 0 Å². The Morgan fingerprint density at radius 2 is 2.08 bits per heavy atom. The molecule has 4 nitrogen and oxygen atoms in total. The molecule has 2 spiro atoms. The third-order valence-corrected chi connectivity index (χ3v) is 6.62. The van der Waals surface area contributed by atoms with Crippen molar-refractivity contribution in [3.63, 3.8) is 0 Å². The Labute approximate surface area is 161 Å². The predicted octanol–water partition coefficient (Wildman–Crippen LogP) is 3.74. The maximum absolute atomic E-state index is 10.1. The fraction of sp³-hybridized carbons (Fsp3) is 0.619. The van der Waals surface area contributed by atoms with Crippen molar-refractivity contribution in [3.05, 3.63) is 29.3 Å². The van der Waals surface area contributed by atoms with Crippen LogP contribution in [-0.2, 0) is 12.1 Å². The minimum atomic E-state index is -0.499. The topological polar surface area (TPSA) is 53.9 Å². The van der Waals surface area contributed by atoms with E-state index in [4.69, 9.17) is 21.9 Å². The number of aliphatic imine (C=N–C) groups is 1. The lowest BCUT2D eigenvalue weighted by Gasteiger charge is -2.46. The zero-order valence-corrected chi connectivity index (χ0v) is 16.7. The zero-order valence-electron chi connectivity index (χ0n) is 15.8. The van der Waals surface area contributed by atoms with Crippen LogP contribution < -0.4 is 10.1 Å². The molecule has 0 saturated heterocycles. The number of nitrogens with zero attached hydrogens (tertiary/aromatic N) is 1. The molecule has 1 atom stereocenters. The molecule has 1 fully saturated rings. The van der Waals surface area contributed by atoms with Crippen molar-refractivity contribution >= 4 is 22.9 Å². The molecule has 26 heavy (non-hydrogen) atoms. The minimum Gasteiger partial charge on any atom is -0.493 e. The number of benzene rings is 1. The number of hydrogen-bond donors (Lipinski definition) is 2. The highest BCUT2D eigenvalue weighted by Gasteiger charge is 2.61. The van der Waals surface area contributed by atoms with Gasteiger partial charge >= 0.3 is 0 Å². The first-order valence-electron chi connectivity index (χ1n) is 9.68. The standard InChI is InChI=1S/C21H28N2O2S/c1-13(2)12-25-17-5-4-15-11-20(8-6-16(24)7-9-20)21(18(15)10-17)22-14(3)19(26)23-21/h4-5,10,13,16,24H,6-9,11-12H2,1-3H3,(H,23,26)/t16-,20-,21?. The van der Waals surface area contributed by atoms with E-state index in [-0.39, 0.29) is 11.5 Å². The van der Waals surface area contributed by atoms with Crippen LogP contribution in [0.3, 0.4) is 0 Å². The van der Waals surface area contributed by atoms with Gasteiger partial charge in [-0.25, -0.2) is 0 Å². The van der Waals surface area contributed by atoms with Crippen LogP contribution in [0.15, 0.2) is 23.2 Å². The van der Waals surface area contributed by atoms with Crippen LogP contribution in [0.25, 0.3) is 0 Å². The zero-order chi connectivity index (χ0) is 18.5. The van der Waals surface area contributed by atoms with E-state index in [2.05, 4.69) is 37.4 Å². The van der Waals surface area contributed by atoms with E-state index >= 15 is 0 Å². The predicted molar refractivity (Wildman–Crippen MR) is 108 cm³/mol. The van der Waals surface area contributed by atoms with E-state index < -0.39 is 5.66 Å². The fourth-order valence-corrected chi connectivity index (χ4v) is 5.03. The summed E-state index contributed by atoms with van der Waals surface area (Å²) in [6.07, 6.45) is 4.36. The van der Waals surface area contributed by atoms with Gasteiger partial charge < -0.3 is 15.2 Å². The molecule has 3 aliphatic rings. The lowest BCUT2D eigenvalue weighted by atomic mass is 9.65. The number of aliphatic hydroxyl groups is 1. The number of ether oxygens (including phenoxy) is 1. The average molecular weight is 373 g/mol. The molecule has 0 amide bonds. The van der Waals surface area contributed by atoms with Crippen LogP contribution in [0.2, 0.25) is 0 Å². The first kappa shape index (κ1) is 17.9. The number of thiocarbonyl (C=S) groups is 1. The van der Waals surface area contributed by atoms with E-state index in [1.807, 2.05) is 6.92 Å². The molecule has 140 valence electrons. The molecule has 1 unspecified atom stereocenters. The summed E-state index contributed by atoms with van der Waals surface area (Å²) in [5, 5.41) is 13.7. The molecule has 1 aromatic carbocycles. The lowest BCUT2D eigenvalue weighted by Crippen LogP contribution is -2.52. The summed E-state index contributed by atoms with van der Waals surface area (Å²) >= 11 is 5.55. The van der Waals surface area contributed by atoms with Gasteiger partial charge in [-0.3, -0.25) is 4.99 Å². The number of nitrogens with one attached hydrogen (secondary N) is 1. The lowest BCUT2D eigenvalue weighted by molar-refractivity contribution is 0.0153. The Balaban J connectivity index is 1.77. The van der Waals surface area contributed by atoms with E-state index in [0.717, 1.165) is 48.6 Å². The molecule has 0 radical (unpaired) electrons. The van der Waals surface area contributed by atoms with Crippen LogP contribution in [0.4, 0.5) is 0 Å². The smallest absolute Gasteiger partial charge is 0.163 e. The van der Waals surface area contributed by atoms with Gasteiger partial charge in [0.25, 0.3) is 0 Å². The van der Waals surface area contributed by atoms with Gasteiger partial charge in [0.1, 0.15) is 10.7 Å². The van der Waals surface area contributed by atoms with Gasteiger partial charge in [0.05, 0.1) is 18.4 Å². The largest absolute Gasteiger partial charge is 0.493 e. The van der Waals surface area contributed by atoms with Crippen LogP contribution >= 0.6 is 12.2 Å². The first-order valence-corrected chi connectivity index (χ1v) is 10.1. The number of hydrogen-bond acceptors (Lipinski definition) is 4. The van der Waals surface area contributed by atoms with Crippen LogP contribution in [0.1, 0.15) is 57.6 Å². The summed E-state index contributed by atoms with van der Waals surface area (Å²) in [5.41, 5.74) is 2.92. The van der Waals surface area contributed by atoms with Gasteiger partial charge in [0.15, 0.2) is 5.66 Å². The Morgan fingerprint density at radius 1 is 1.35 bits per heavy atom. The molecule has 0 bridgehead atoms. The van der Waals surface area contributed by atoms with E-state index in [9.17, 15) is 5.11 Å². The van der Waals surface area contributed by atoms with Gasteiger partial charge in [0, 0.05) is 11.0 Å². The summed E-state index contributed by atoms with van der Waals surface area (Å²) in [6, 6.07) is 6.44. The second-order valence-corrected chi connectivity index (χ2v) is 8.98. The SMILES string of the molecule is CC1=NC2(NC1=S)c1cc(OCC(C)C)ccc1C[C@]21CC[C@@H](O)CC1. The highest BCUT2D eigenvalue weighted by Crippen LogP contribution is 2.59. The Bertz CT molecular complexity index is 765.